The summed E-state index contributed by atoms with van der Waals surface area (Å²) in [6.45, 7) is 3.43. The van der Waals surface area contributed by atoms with Crippen LogP contribution in [0.1, 0.15) is 30.0 Å². The van der Waals surface area contributed by atoms with Crippen molar-refractivity contribution in [3.8, 4) is 5.75 Å². The molecule has 0 aliphatic heterocycles. The number of methoxy groups -OCH3 is 1. The summed E-state index contributed by atoms with van der Waals surface area (Å²) >= 11 is 0. The molecule has 1 unspecified atom stereocenters. The summed E-state index contributed by atoms with van der Waals surface area (Å²) in [6, 6.07) is 2.99. The average Bonchev–Trinajstić information content (AvgIpc) is 2.19. The molecule has 0 bridgehead atoms. The number of rotatable bonds is 4. The van der Waals surface area contributed by atoms with Crippen molar-refractivity contribution in [3.63, 3.8) is 0 Å². The molecule has 0 aliphatic rings. The molecule has 0 heterocycles. The van der Waals surface area contributed by atoms with E-state index in [4.69, 9.17) is 4.74 Å². The molecule has 0 aromatic heterocycles. The van der Waals surface area contributed by atoms with Gasteiger partial charge in [0, 0.05) is 12.0 Å². The van der Waals surface area contributed by atoms with E-state index < -0.39 is 12.5 Å². The highest BCUT2D eigenvalue weighted by Crippen LogP contribution is 2.34. The maximum atomic E-state index is 12.7. The van der Waals surface area contributed by atoms with Gasteiger partial charge in [-0.25, -0.2) is 8.78 Å². The molecule has 1 atom stereocenters. The molecule has 0 fully saturated rings. The third kappa shape index (κ3) is 2.70. The zero-order valence-corrected chi connectivity index (χ0v) is 9.63. The molecular weight excluding hydrogens is 214 g/mol. The summed E-state index contributed by atoms with van der Waals surface area (Å²) in [4.78, 5) is 0. The number of alkyl halides is 2. The number of aryl methyl sites for hydroxylation is 1. The fraction of sp³-hybridized carbons (Fsp3) is 0.500. The fourth-order valence-electron chi connectivity index (χ4n) is 1.71. The molecule has 1 aromatic rings. The molecular formula is C12H16F2O2. The van der Waals surface area contributed by atoms with Crippen molar-refractivity contribution in [1.29, 1.82) is 0 Å². The van der Waals surface area contributed by atoms with Gasteiger partial charge in [-0.15, -0.1) is 0 Å². The maximum absolute atomic E-state index is 12.7. The predicted molar refractivity (Wildman–Crippen MR) is 58.1 cm³/mol. The van der Waals surface area contributed by atoms with Gasteiger partial charge in [0.25, 0.3) is 6.43 Å². The zero-order chi connectivity index (χ0) is 12.3. The van der Waals surface area contributed by atoms with Crippen LogP contribution in [0.25, 0.3) is 0 Å². The van der Waals surface area contributed by atoms with Gasteiger partial charge in [0.15, 0.2) is 0 Å². The van der Waals surface area contributed by atoms with Crippen LogP contribution in [-0.2, 0) is 6.42 Å². The highest BCUT2D eigenvalue weighted by molar-refractivity contribution is 5.47. The Balaban J connectivity index is 3.26. The second-order valence-electron chi connectivity index (χ2n) is 3.84. The standard InChI is InChI=1S/C12H16F2O2/c1-7-4-5-9(12(13)14)11(16-3)10(7)6-8(2)15/h4-5,8,12,15H,6H2,1-3H3. The lowest BCUT2D eigenvalue weighted by atomic mass is 9.98. The second-order valence-corrected chi connectivity index (χ2v) is 3.84. The van der Waals surface area contributed by atoms with Crippen LogP contribution in [0.4, 0.5) is 8.78 Å². The molecule has 1 N–H and O–H groups in total. The van der Waals surface area contributed by atoms with Gasteiger partial charge in [0.05, 0.1) is 18.8 Å². The first-order valence-corrected chi connectivity index (χ1v) is 5.10. The molecule has 1 aromatic carbocycles. The lowest BCUT2D eigenvalue weighted by molar-refractivity contribution is 0.146. The van der Waals surface area contributed by atoms with Crippen LogP contribution in [0.15, 0.2) is 12.1 Å². The minimum Gasteiger partial charge on any atom is -0.496 e. The normalized spacial score (nSPS) is 12.9. The quantitative estimate of drug-likeness (QED) is 0.861. The zero-order valence-electron chi connectivity index (χ0n) is 9.63. The second kappa shape index (κ2) is 5.25. The van der Waals surface area contributed by atoms with E-state index in [1.54, 1.807) is 13.0 Å². The fourth-order valence-corrected chi connectivity index (χ4v) is 1.71. The lowest BCUT2D eigenvalue weighted by Crippen LogP contribution is -2.09. The Kier molecular flexibility index (Phi) is 4.24. The van der Waals surface area contributed by atoms with E-state index in [0.717, 1.165) is 5.56 Å². The number of hydrogen-bond acceptors (Lipinski definition) is 2. The molecule has 4 heteroatoms. The summed E-state index contributed by atoms with van der Waals surface area (Å²) < 4.78 is 30.5. The van der Waals surface area contributed by atoms with Crippen molar-refractivity contribution >= 4 is 0 Å². The van der Waals surface area contributed by atoms with Crippen LogP contribution >= 0.6 is 0 Å². The Morgan fingerprint density at radius 3 is 2.44 bits per heavy atom. The van der Waals surface area contributed by atoms with Gasteiger partial charge in [0.2, 0.25) is 0 Å². The van der Waals surface area contributed by atoms with E-state index >= 15 is 0 Å². The van der Waals surface area contributed by atoms with E-state index in [1.165, 1.54) is 13.2 Å². The minimum atomic E-state index is -2.57. The van der Waals surface area contributed by atoms with E-state index in [-0.39, 0.29) is 11.3 Å². The highest BCUT2D eigenvalue weighted by atomic mass is 19.3. The number of aliphatic hydroxyl groups is 1. The van der Waals surface area contributed by atoms with Crippen LogP contribution in [-0.4, -0.2) is 18.3 Å². The number of ether oxygens (including phenoxy) is 1. The molecule has 0 radical (unpaired) electrons. The van der Waals surface area contributed by atoms with E-state index in [2.05, 4.69) is 0 Å². The van der Waals surface area contributed by atoms with Gasteiger partial charge in [-0.3, -0.25) is 0 Å². The van der Waals surface area contributed by atoms with Gasteiger partial charge in [-0.1, -0.05) is 6.07 Å². The Bertz CT molecular complexity index is 362. The van der Waals surface area contributed by atoms with Gasteiger partial charge >= 0.3 is 0 Å². The van der Waals surface area contributed by atoms with Crippen LogP contribution in [0.5, 0.6) is 5.75 Å². The Hall–Kier alpha value is -1.16. The third-order valence-corrected chi connectivity index (χ3v) is 2.46. The first-order chi connectivity index (χ1) is 7.47. The predicted octanol–water partition coefficient (Wildman–Crippen LogP) is 2.86. The molecule has 2 nitrogen and oxygen atoms in total. The number of halogens is 2. The van der Waals surface area contributed by atoms with E-state index in [0.29, 0.717) is 12.0 Å². The van der Waals surface area contributed by atoms with Crippen LogP contribution in [0, 0.1) is 6.92 Å². The van der Waals surface area contributed by atoms with Crippen molar-refractivity contribution in [1.82, 2.24) is 0 Å². The van der Waals surface area contributed by atoms with Gasteiger partial charge in [0.1, 0.15) is 5.75 Å². The summed E-state index contributed by atoms with van der Waals surface area (Å²) in [6.07, 6.45) is -2.83. The Morgan fingerprint density at radius 1 is 1.38 bits per heavy atom. The monoisotopic (exact) mass is 230 g/mol. The molecule has 1 rings (SSSR count). The van der Waals surface area contributed by atoms with Crippen molar-refractivity contribution in [2.24, 2.45) is 0 Å². The molecule has 0 aliphatic carbocycles. The SMILES string of the molecule is COc1c(C(F)F)ccc(C)c1CC(C)O. The lowest BCUT2D eigenvalue weighted by Gasteiger charge is -2.16. The topological polar surface area (TPSA) is 29.5 Å². The summed E-state index contributed by atoms with van der Waals surface area (Å²) in [5.41, 5.74) is 1.38. The smallest absolute Gasteiger partial charge is 0.267 e. The highest BCUT2D eigenvalue weighted by Gasteiger charge is 2.19. The molecule has 90 valence electrons. The first kappa shape index (κ1) is 12.9. The van der Waals surface area contributed by atoms with Crippen molar-refractivity contribution in [2.45, 2.75) is 32.8 Å². The van der Waals surface area contributed by atoms with Crippen molar-refractivity contribution in [3.05, 3.63) is 28.8 Å². The van der Waals surface area contributed by atoms with Gasteiger partial charge < -0.3 is 9.84 Å². The molecule has 16 heavy (non-hydrogen) atoms. The molecule has 0 saturated carbocycles. The molecule has 0 spiro atoms. The van der Waals surface area contributed by atoms with Gasteiger partial charge in [-0.2, -0.15) is 0 Å². The summed E-state index contributed by atoms with van der Waals surface area (Å²) in [7, 11) is 1.37. The van der Waals surface area contributed by atoms with Crippen LogP contribution in [0.2, 0.25) is 0 Å². The van der Waals surface area contributed by atoms with Crippen molar-refractivity contribution < 1.29 is 18.6 Å². The maximum Gasteiger partial charge on any atom is 0.267 e. The molecule has 0 saturated heterocycles. The molecule has 0 amide bonds. The van der Waals surface area contributed by atoms with Crippen LogP contribution < -0.4 is 4.74 Å². The van der Waals surface area contributed by atoms with Crippen molar-refractivity contribution in [2.75, 3.05) is 7.11 Å². The largest absolute Gasteiger partial charge is 0.496 e. The summed E-state index contributed by atoms with van der Waals surface area (Å²) in [5, 5.41) is 9.34. The van der Waals surface area contributed by atoms with E-state index in [1.807, 2.05) is 6.92 Å². The number of aliphatic hydroxyl groups excluding tert-OH is 1. The minimum absolute atomic E-state index is 0.122. The average molecular weight is 230 g/mol. The van der Waals surface area contributed by atoms with E-state index in [9.17, 15) is 13.9 Å². The number of benzene rings is 1. The Morgan fingerprint density at radius 2 is 2.00 bits per heavy atom. The summed E-state index contributed by atoms with van der Waals surface area (Å²) in [5.74, 6) is 0.191. The van der Waals surface area contributed by atoms with Crippen LogP contribution in [0.3, 0.4) is 0 Å². The third-order valence-electron chi connectivity index (χ3n) is 2.46. The number of hydrogen-bond donors (Lipinski definition) is 1. The first-order valence-electron chi connectivity index (χ1n) is 5.10. The Labute approximate surface area is 93.9 Å². The van der Waals surface area contributed by atoms with Gasteiger partial charge in [-0.05, 0) is 25.5 Å².